The quantitative estimate of drug-likeness (QED) is 0.390. The van der Waals surface area contributed by atoms with Crippen LogP contribution in [-0.4, -0.2) is 76.9 Å². The second kappa shape index (κ2) is 10.5. The number of hydrogen-bond donors (Lipinski definition) is 2. The van der Waals surface area contributed by atoms with Crippen molar-refractivity contribution in [2.45, 2.75) is 18.4 Å². The number of fused-ring (bicyclic) bond motifs is 3. The van der Waals surface area contributed by atoms with Gasteiger partial charge in [0.1, 0.15) is 12.0 Å². The molecule has 0 aromatic heterocycles. The van der Waals surface area contributed by atoms with Gasteiger partial charge in [-0.3, -0.25) is 4.79 Å². The molecule has 204 valence electrons. The zero-order valence-corrected chi connectivity index (χ0v) is 21.8. The SMILES string of the molecule is COc1cc([C@@H]2c3cc4c(cc3[C@@H](OC(=O)NCCCN(C)C)[C@H]3C(=O)OC[C@H]23)OCO4)cc(OC)c1O. The third-order valence-electron chi connectivity index (χ3n) is 7.27. The second-order valence-corrected chi connectivity index (χ2v) is 9.82. The number of alkyl carbamates (subject to hydrolysis) is 1. The second-order valence-electron chi connectivity index (χ2n) is 9.82. The summed E-state index contributed by atoms with van der Waals surface area (Å²) in [5, 5.41) is 13.3. The highest BCUT2D eigenvalue weighted by Gasteiger charge is 2.54. The summed E-state index contributed by atoms with van der Waals surface area (Å²) in [6.45, 7) is 1.45. The first-order chi connectivity index (χ1) is 18.3. The summed E-state index contributed by atoms with van der Waals surface area (Å²) < 4.78 is 33.5. The van der Waals surface area contributed by atoms with E-state index in [1.165, 1.54) is 14.2 Å². The number of methoxy groups -OCH3 is 2. The first-order valence-electron chi connectivity index (χ1n) is 12.5. The number of esters is 1. The molecule has 5 rings (SSSR count). The molecule has 2 aromatic carbocycles. The Bertz CT molecular complexity index is 1210. The van der Waals surface area contributed by atoms with E-state index in [2.05, 4.69) is 5.32 Å². The molecule has 38 heavy (non-hydrogen) atoms. The molecule has 2 N–H and O–H groups in total. The Morgan fingerprint density at radius 3 is 2.34 bits per heavy atom. The summed E-state index contributed by atoms with van der Waals surface area (Å²) >= 11 is 0. The molecular weight excluding hydrogens is 496 g/mol. The van der Waals surface area contributed by atoms with Crippen LogP contribution in [0.2, 0.25) is 0 Å². The minimum absolute atomic E-state index is 0.0660. The number of carbonyl (C=O) groups excluding carboxylic acids is 2. The van der Waals surface area contributed by atoms with Crippen LogP contribution in [0.15, 0.2) is 24.3 Å². The lowest BCUT2D eigenvalue weighted by Gasteiger charge is -2.38. The molecule has 2 aliphatic heterocycles. The molecule has 1 amide bonds. The Hall–Kier alpha value is -3.86. The van der Waals surface area contributed by atoms with Gasteiger partial charge in [0.15, 0.2) is 23.0 Å². The fourth-order valence-electron chi connectivity index (χ4n) is 5.52. The molecule has 0 radical (unpaired) electrons. The molecule has 11 nitrogen and oxygen atoms in total. The molecule has 11 heteroatoms. The number of cyclic esters (lactones) is 1. The van der Waals surface area contributed by atoms with Gasteiger partial charge in [-0.05, 0) is 62.5 Å². The van der Waals surface area contributed by atoms with E-state index in [0.717, 1.165) is 24.1 Å². The van der Waals surface area contributed by atoms with Crippen molar-refractivity contribution in [3.05, 3.63) is 41.0 Å². The van der Waals surface area contributed by atoms with Crippen molar-refractivity contribution in [2.75, 3.05) is 54.8 Å². The fraction of sp³-hybridized carbons (Fsp3) is 0.481. The summed E-state index contributed by atoms with van der Waals surface area (Å²) in [5.74, 6) is -0.503. The van der Waals surface area contributed by atoms with Crippen LogP contribution < -0.4 is 24.3 Å². The van der Waals surface area contributed by atoms with Crippen LogP contribution in [0.4, 0.5) is 4.79 Å². The highest BCUT2D eigenvalue weighted by atomic mass is 16.7. The van der Waals surface area contributed by atoms with Crippen molar-refractivity contribution in [2.24, 2.45) is 11.8 Å². The van der Waals surface area contributed by atoms with Crippen molar-refractivity contribution >= 4 is 12.1 Å². The predicted octanol–water partition coefficient (Wildman–Crippen LogP) is 2.79. The summed E-state index contributed by atoms with van der Waals surface area (Å²) in [4.78, 5) is 27.9. The van der Waals surface area contributed by atoms with Crippen molar-refractivity contribution in [3.8, 4) is 28.7 Å². The molecule has 0 unspecified atom stereocenters. The third-order valence-corrected chi connectivity index (χ3v) is 7.27. The maximum absolute atomic E-state index is 13.1. The zero-order valence-electron chi connectivity index (χ0n) is 21.8. The van der Waals surface area contributed by atoms with Gasteiger partial charge in [0, 0.05) is 23.9 Å². The van der Waals surface area contributed by atoms with E-state index < -0.39 is 24.1 Å². The number of benzene rings is 2. The van der Waals surface area contributed by atoms with Crippen LogP contribution in [0.1, 0.15) is 35.1 Å². The van der Waals surface area contributed by atoms with E-state index in [1.54, 1.807) is 18.2 Å². The molecule has 0 bridgehead atoms. The van der Waals surface area contributed by atoms with Crippen LogP contribution in [0.25, 0.3) is 0 Å². The minimum Gasteiger partial charge on any atom is -0.502 e. The predicted molar refractivity (Wildman–Crippen MR) is 134 cm³/mol. The maximum Gasteiger partial charge on any atom is 0.407 e. The number of phenols is 1. The summed E-state index contributed by atoms with van der Waals surface area (Å²) in [6, 6.07) is 7.06. The zero-order chi connectivity index (χ0) is 27.0. The summed E-state index contributed by atoms with van der Waals surface area (Å²) in [5.41, 5.74) is 2.18. The highest BCUT2D eigenvalue weighted by Crippen LogP contribution is 2.56. The lowest BCUT2D eigenvalue weighted by molar-refractivity contribution is -0.144. The molecule has 1 fully saturated rings. The van der Waals surface area contributed by atoms with Crippen LogP contribution in [0, 0.1) is 11.8 Å². The molecule has 0 spiro atoms. The molecular formula is C27H32N2O9. The van der Waals surface area contributed by atoms with E-state index in [9.17, 15) is 14.7 Å². The fourth-order valence-corrected chi connectivity index (χ4v) is 5.52. The number of nitrogens with zero attached hydrogens (tertiary/aromatic N) is 1. The molecule has 1 saturated heterocycles. The average molecular weight is 529 g/mol. The van der Waals surface area contributed by atoms with Crippen molar-refractivity contribution in [1.82, 2.24) is 10.2 Å². The maximum atomic E-state index is 13.1. The Kier molecular flexibility index (Phi) is 7.11. The number of hydrogen-bond acceptors (Lipinski definition) is 10. The third kappa shape index (κ3) is 4.62. The van der Waals surface area contributed by atoms with Crippen molar-refractivity contribution < 1.29 is 43.1 Å². The number of aromatic hydroxyl groups is 1. The molecule has 3 aliphatic rings. The summed E-state index contributed by atoms with van der Waals surface area (Å²) in [7, 11) is 6.83. The van der Waals surface area contributed by atoms with Crippen molar-refractivity contribution in [3.63, 3.8) is 0 Å². The van der Waals surface area contributed by atoms with Gasteiger partial charge in [-0.25, -0.2) is 4.79 Å². The van der Waals surface area contributed by atoms with Crippen LogP contribution >= 0.6 is 0 Å². The number of nitrogens with one attached hydrogen (secondary N) is 1. The van der Waals surface area contributed by atoms with E-state index in [1.807, 2.05) is 25.1 Å². The first-order valence-corrected chi connectivity index (χ1v) is 12.5. The number of rotatable bonds is 8. The van der Waals surface area contributed by atoms with E-state index in [4.69, 9.17) is 28.4 Å². The van der Waals surface area contributed by atoms with Gasteiger partial charge in [0.05, 0.1) is 20.8 Å². The molecule has 1 aliphatic carbocycles. The van der Waals surface area contributed by atoms with Crippen LogP contribution in [0.5, 0.6) is 28.7 Å². The first kappa shape index (κ1) is 25.8. The van der Waals surface area contributed by atoms with Crippen LogP contribution in [-0.2, 0) is 14.3 Å². The van der Waals surface area contributed by atoms with E-state index >= 15 is 0 Å². The Balaban J connectivity index is 1.56. The molecule has 2 heterocycles. The monoisotopic (exact) mass is 528 g/mol. The summed E-state index contributed by atoms with van der Waals surface area (Å²) in [6.07, 6.45) is -0.740. The Morgan fingerprint density at radius 2 is 1.71 bits per heavy atom. The van der Waals surface area contributed by atoms with Gasteiger partial charge in [0.2, 0.25) is 12.5 Å². The lowest BCUT2D eigenvalue weighted by Crippen LogP contribution is -2.39. The van der Waals surface area contributed by atoms with E-state index in [-0.39, 0.29) is 42.5 Å². The normalized spacial score (nSPS) is 22.9. The number of phenolic OH excluding ortho intramolecular Hbond substituents is 1. The topological polar surface area (TPSA) is 125 Å². The van der Waals surface area contributed by atoms with Gasteiger partial charge in [-0.2, -0.15) is 0 Å². The average Bonchev–Trinajstić information content (AvgIpc) is 3.52. The largest absolute Gasteiger partial charge is 0.502 e. The molecule has 0 saturated carbocycles. The van der Waals surface area contributed by atoms with Gasteiger partial charge < -0.3 is 43.7 Å². The Labute approximate surface area is 220 Å². The minimum atomic E-state index is -0.884. The number of carbonyl (C=O) groups is 2. The van der Waals surface area contributed by atoms with Gasteiger partial charge in [0.25, 0.3) is 0 Å². The molecule has 4 atom stereocenters. The van der Waals surface area contributed by atoms with E-state index in [0.29, 0.717) is 23.6 Å². The lowest BCUT2D eigenvalue weighted by atomic mass is 9.66. The smallest absolute Gasteiger partial charge is 0.407 e. The molecule has 2 aromatic rings. The van der Waals surface area contributed by atoms with Gasteiger partial charge in [-0.1, -0.05) is 0 Å². The Morgan fingerprint density at radius 1 is 1.05 bits per heavy atom. The highest BCUT2D eigenvalue weighted by molar-refractivity contribution is 5.79. The standard InChI is InChI=1S/C27H32N2O9/c1-29(2)7-5-6-28-27(32)38-25-16-11-19-18(36-13-37-19)10-15(16)22(17-12-35-26(31)23(17)25)14-8-20(33-3)24(30)21(9-14)34-4/h8-11,17,22-23,25,30H,5-7,12-13H2,1-4H3,(H,28,32)/t17-,22-,23+,25-/m1/s1. The van der Waals surface area contributed by atoms with Crippen LogP contribution in [0.3, 0.4) is 0 Å². The van der Waals surface area contributed by atoms with Gasteiger partial charge in [-0.15, -0.1) is 0 Å². The van der Waals surface area contributed by atoms with Crippen molar-refractivity contribution in [1.29, 1.82) is 0 Å². The number of ether oxygens (including phenoxy) is 6. The van der Waals surface area contributed by atoms with Gasteiger partial charge >= 0.3 is 12.1 Å². The number of amides is 1.